The number of nitrogens with one attached hydrogen (secondary N) is 5. The third-order valence-corrected chi connectivity index (χ3v) is 16.6. The van der Waals surface area contributed by atoms with Crippen molar-refractivity contribution in [2.24, 2.45) is 0 Å². The van der Waals surface area contributed by atoms with Crippen molar-refractivity contribution in [3.8, 4) is 22.8 Å². The summed E-state index contributed by atoms with van der Waals surface area (Å²) < 4.78 is 0. The van der Waals surface area contributed by atoms with Gasteiger partial charge >= 0.3 is 11.7 Å². The van der Waals surface area contributed by atoms with Gasteiger partial charge in [0.2, 0.25) is 10.6 Å². The average Bonchev–Trinajstić information content (AvgIpc) is 0.804. The van der Waals surface area contributed by atoms with Gasteiger partial charge in [0.25, 0.3) is 16.7 Å². The second kappa shape index (κ2) is 34.8. The number of carboxylic acid groups (broad SMARTS) is 1. The van der Waals surface area contributed by atoms with E-state index in [4.69, 9.17) is 125 Å². The van der Waals surface area contributed by atoms with E-state index >= 15 is 0 Å². The van der Waals surface area contributed by atoms with Crippen LogP contribution in [0.15, 0.2) is 189 Å². The minimum atomic E-state index is -1.06. The van der Waals surface area contributed by atoms with Crippen LogP contribution in [0.5, 0.6) is 0 Å². The number of H-pyrrole nitrogens is 4. The number of aromatic carboxylic acids is 1. The molecule has 0 bridgehead atoms. The number of carboxylic acids is 1. The van der Waals surface area contributed by atoms with Crippen LogP contribution in [0.4, 0.5) is 11.5 Å². The number of aromatic nitrogens is 10. The third-order valence-electron chi connectivity index (χ3n) is 14.1. The van der Waals surface area contributed by atoms with E-state index in [1.165, 1.54) is 6.07 Å². The molecule has 0 radical (unpaired) electrons. The van der Waals surface area contributed by atoms with E-state index in [0.717, 1.165) is 60.3 Å². The number of fused-ring (bicyclic) bond motifs is 5. The molecule has 96 heavy (non-hydrogen) atoms. The summed E-state index contributed by atoms with van der Waals surface area (Å²) in [6.07, 6.45) is 2.24. The summed E-state index contributed by atoms with van der Waals surface area (Å²) in [6.45, 7) is 9.98. The Morgan fingerprint density at radius 3 is 1.55 bits per heavy atom. The van der Waals surface area contributed by atoms with Crippen molar-refractivity contribution in [3.63, 3.8) is 0 Å². The van der Waals surface area contributed by atoms with Crippen molar-refractivity contribution in [2.45, 2.75) is 39.7 Å². The smallest absolute Gasteiger partial charge is 0.337 e. The average molecular weight is 1470 g/mol. The number of hydrogen-bond acceptors (Lipinski definition) is 14. The van der Waals surface area contributed by atoms with Gasteiger partial charge in [0.05, 0.1) is 85.1 Å². The molecular formula is C68H56Cl9N13O6. The first-order valence-electron chi connectivity index (χ1n) is 29.1. The van der Waals surface area contributed by atoms with Crippen LogP contribution in [0.2, 0.25) is 45.9 Å². The van der Waals surface area contributed by atoms with Crippen LogP contribution in [0.3, 0.4) is 0 Å². The molecule has 1 atom stereocenters. The van der Waals surface area contributed by atoms with Gasteiger partial charge < -0.3 is 31.0 Å². The molecular weight excluding hydrogens is 1410 g/mol. The molecule has 5 aromatic heterocycles. The molecule has 0 amide bonds. The summed E-state index contributed by atoms with van der Waals surface area (Å²) in [6, 6.07) is 50.5. The van der Waals surface area contributed by atoms with E-state index in [0.29, 0.717) is 91.6 Å². The lowest BCUT2D eigenvalue weighted by Gasteiger charge is -2.20. The Labute approximate surface area is 592 Å². The number of nitrogens with two attached hydrogens (primary N) is 1. The lowest BCUT2D eigenvalue weighted by molar-refractivity contribution is 0.0698. The molecule has 0 fully saturated rings. The highest BCUT2D eigenvalue weighted by atomic mass is 35.5. The topological polar surface area (TPSA) is 287 Å². The monoisotopic (exact) mass is 1470 g/mol. The highest BCUT2D eigenvalue weighted by molar-refractivity contribution is 6.40. The van der Waals surface area contributed by atoms with Crippen LogP contribution >= 0.6 is 104 Å². The van der Waals surface area contributed by atoms with Gasteiger partial charge in [-0.05, 0) is 135 Å². The van der Waals surface area contributed by atoms with Crippen LogP contribution in [0.25, 0.3) is 77.3 Å². The Morgan fingerprint density at radius 2 is 0.979 bits per heavy atom. The van der Waals surface area contributed by atoms with Crippen molar-refractivity contribution < 1.29 is 9.90 Å². The van der Waals surface area contributed by atoms with Gasteiger partial charge in [-0.3, -0.25) is 24.4 Å². The molecule has 0 saturated carbocycles. The number of hydrogen-bond donors (Lipinski definition) is 7. The fourth-order valence-electron chi connectivity index (χ4n) is 9.30. The number of benzene rings is 8. The number of para-hydroxylation sites is 6. The second-order valence-corrected chi connectivity index (χ2v) is 24.0. The third kappa shape index (κ3) is 19.3. The molecule has 1 unspecified atom stereocenters. The standard InChI is InChI=1S/C23H29ClN4.C14H9ClN2O.C8H3Cl3N2.C8H4Cl2N2O.C8H5ClN2O2.C7H6ClNO2/c1-4-28(5-2)16-10-11-17(3)25-23-19-14-9-15-20(24)21(19)26-22(27-23)18-12-7-6-8-13-18;15-11-8-4-7-10-12(11)16-13(17-14(10)18)9-5-2-1-3-6-9;9-5-3-1-2-4-6(5)12-8(11)13-7(4)10;9-5-3-1-2-4-6(5)11-8(10)12-7(4)13;9-5-3-1-2-4-6(5)10-8(13)11-7(4)12;8-5-3-1-2-4(6(5)9)7(10)11/h6-9,12-15,17H,4-5,10-11,16H2,1-3H3,(H,25,26,27);1-8H,(H,16,17,18);1-3H;1-3H,(H,11,12,13);1-3H,(H2,10,11,12,13);1-3H,9H2,(H,10,11). The first kappa shape index (κ1) is 73.1. The number of aromatic amines is 4. The molecule has 8 aromatic carbocycles. The highest BCUT2D eigenvalue weighted by Crippen LogP contribution is 2.32. The molecule has 8 N–H and O–H groups in total. The van der Waals surface area contributed by atoms with Crippen LogP contribution in [0.1, 0.15) is 44.0 Å². The van der Waals surface area contributed by atoms with Crippen molar-refractivity contribution in [2.75, 3.05) is 30.7 Å². The van der Waals surface area contributed by atoms with E-state index in [2.05, 4.69) is 70.9 Å². The van der Waals surface area contributed by atoms with Gasteiger partial charge in [-0.15, -0.1) is 0 Å². The Kier molecular flexibility index (Phi) is 26.5. The van der Waals surface area contributed by atoms with Crippen LogP contribution < -0.4 is 33.4 Å². The summed E-state index contributed by atoms with van der Waals surface area (Å²) in [7, 11) is 0. The van der Waals surface area contributed by atoms with E-state index in [1.807, 2.05) is 78.9 Å². The molecule has 0 saturated heterocycles. The van der Waals surface area contributed by atoms with Crippen LogP contribution in [-0.2, 0) is 0 Å². The van der Waals surface area contributed by atoms with Crippen LogP contribution in [-0.4, -0.2) is 91.5 Å². The fourth-order valence-corrected chi connectivity index (χ4v) is 11.2. The van der Waals surface area contributed by atoms with Crippen molar-refractivity contribution in [1.82, 2.24) is 54.7 Å². The summed E-state index contributed by atoms with van der Waals surface area (Å²) in [5.74, 6) is 1.01. The Morgan fingerprint density at radius 1 is 0.500 bits per heavy atom. The van der Waals surface area contributed by atoms with Crippen molar-refractivity contribution >= 4 is 176 Å². The Hall–Kier alpha value is -8.70. The van der Waals surface area contributed by atoms with E-state index in [1.54, 1.807) is 84.9 Å². The maximum absolute atomic E-state index is 12.0. The van der Waals surface area contributed by atoms with E-state index < -0.39 is 17.2 Å². The maximum Gasteiger partial charge on any atom is 0.337 e. The molecule has 492 valence electrons. The SMILES string of the molecule is CCN(CC)CCCC(C)Nc1nc(-c2ccccc2)nc2c(Cl)cccc12.Clc1nc(Cl)c2cccc(Cl)c2n1.Nc1c(Cl)cccc1C(=O)O.O=c1[nH]c(-c2ccccc2)nc2c(Cl)cccc12.O=c1[nH]c(=O)c2cccc(Cl)c2[nH]1.O=c1[nH]c(Cl)nc2c(Cl)cccc12. The number of halogens is 9. The number of anilines is 2. The second-order valence-electron chi connectivity index (χ2n) is 20.5. The van der Waals surface area contributed by atoms with Gasteiger partial charge in [-0.2, -0.15) is 0 Å². The minimum absolute atomic E-state index is 0.0394. The summed E-state index contributed by atoms with van der Waals surface area (Å²) >= 11 is 52.6. The van der Waals surface area contributed by atoms with E-state index in [-0.39, 0.29) is 38.0 Å². The summed E-state index contributed by atoms with van der Waals surface area (Å²) in [4.78, 5) is 93.7. The van der Waals surface area contributed by atoms with Gasteiger partial charge in [-0.1, -0.05) is 192 Å². The molecule has 13 rings (SSSR count). The summed E-state index contributed by atoms with van der Waals surface area (Å²) in [5.41, 5.74) is 8.63. The predicted octanol–water partition coefficient (Wildman–Crippen LogP) is 17.4. The molecule has 0 aliphatic rings. The lowest BCUT2D eigenvalue weighted by atomic mass is 10.1. The number of carbonyl (C=O) groups is 1. The molecule has 5 heterocycles. The number of nitrogen functional groups attached to an aromatic ring is 1. The zero-order valence-electron chi connectivity index (χ0n) is 50.9. The van der Waals surface area contributed by atoms with Crippen molar-refractivity contribution in [1.29, 1.82) is 0 Å². The zero-order chi connectivity index (χ0) is 69.2. The number of nitrogens with zero attached hydrogens (tertiary/aromatic N) is 7. The fraction of sp³-hybridized carbons (Fsp3) is 0.132. The predicted molar refractivity (Wildman–Crippen MR) is 393 cm³/mol. The van der Waals surface area contributed by atoms with Gasteiger partial charge in [-0.25, -0.2) is 39.5 Å². The first-order valence-corrected chi connectivity index (χ1v) is 32.5. The lowest BCUT2D eigenvalue weighted by Crippen LogP contribution is -2.25. The molecule has 19 nitrogen and oxygen atoms in total. The molecule has 0 spiro atoms. The minimum Gasteiger partial charge on any atom is -0.478 e. The van der Waals surface area contributed by atoms with Gasteiger partial charge in [0.1, 0.15) is 16.8 Å². The largest absolute Gasteiger partial charge is 0.478 e. The first-order chi connectivity index (χ1) is 46.0. The van der Waals surface area contributed by atoms with Crippen LogP contribution in [0, 0.1) is 0 Å². The molecule has 13 aromatic rings. The Balaban J connectivity index is 0.000000153. The normalized spacial score (nSPS) is 11.1. The maximum atomic E-state index is 12.0. The molecule has 0 aliphatic heterocycles. The van der Waals surface area contributed by atoms with Crippen molar-refractivity contribution in [3.05, 3.63) is 263 Å². The summed E-state index contributed by atoms with van der Waals surface area (Å²) in [5, 5.41) is 18.3. The highest BCUT2D eigenvalue weighted by Gasteiger charge is 2.16. The van der Waals surface area contributed by atoms with E-state index in [9.17, 15) is 24.0 Å². The number of rotatable bonds is 11. The zero-order valence-corrected chi connectivity index (χ0v) is 57.7. The molecule has 0 aliphatic carbocycles. The quantitative estimate of drug-likeness (QED) is 0.0360. The van der Waals surface area contributed by atoms with Gasteiger partial charge in [0, 0.05) is 27.9 Å². The van der Waals surface area contributed by atoms with Gasteiger partial charge in [0.15, 0.2) is 5.82 Å². The molecule has 28 heteroatoms. The Bertz CT molecular complexity index is 5140.